The molecule has 0 aliphatic carbocycles. The van der Waals surface area contributed by atoms with Crippen LogP contribution in [0.5, 0.6) is 0 Å². The average Bonchev–Trinajstić information content (AvgIpc) is 2.88. The summed E-state index contributed by atoms with van der Waals surface area (Å²) >= 11 is 0. The number of nitrogens with one attached hydrogen (secondary N) is 1. The van der Waals surface area contributed by atoms with Crippen LogP contribution in [0.25, 0.3) is 22.0 Å². The molecule has 0 spiro atoms. The summed E-state index contributed by atoms with van der Waals surface area (Å²) in [5, 5.41) is 1.34. The molecule has 0 saturated heterocycles. The van der Waals surface area contributed by atoms with Gasteiger partial charge in [-0.15, -0.1) is 6.58 Å². The van der Waals surface area contributed by atoms with Gasteiger partial charge in [0.1, 0.15) is 0 Å². The summed E-state index contributed by atoms with van der Waals surface area (Å²) in [5.41, 5.74) is 13.9. The van der Waals surface area contributed by atoms with Crippen LogP contribution in [0.1, 0.15) is 37.6 Å². The zero-order valence-electron chi connectivity index (χ0n) is 16.4. The monoisotopic (exact) mass is 346 g/mol. The summed E-state index contributed by atoms with van der Waals surface area (Å²) in [4.78, 5) is 3.55. The fourth-order valence-corrected chi connectivity index (χ4v) is 3.55. The standard InChI is InChI=1S/C24H30N2/c1-6-20(25)13-17-8-7-9-18(12-17)19-10-11-23-21(14-19)22(16(2)26-23)15-24(3,4)5/h6-12,14,20,26H,1,13,15,25H2,2-5H3. The van der Waals surface area contributed by atoms with E-state index in [1.54, 1.807) is 6.08 Å². The van der Waals surface area contributed by atoms with Gasteiger partial charge >= 0.3 is 0 Å². The fourth-order valence-electron chi connectivity index (χ4n) is 3.55. The van der Waals surface area contributed by atoms with Gasteiger partial charge in [-0.2, -0.15) is 0 Å². The Balaban J connectivity index is 2.02. The first-order chi connectivity index (χ1) is 12.3. The Morgan fingerprint density at radius 3 is 2.54 bits per heavy atom. The van der Waals surface area contributed by atoms with Gasteiger partial charge in [-0.05, 0) is 59.6 Å². The Hall–Kier alpha value is -2.32. The van der Waals surface area contributed by atoms with E-state index < -0.39 is 0 Å². The number of H-pyrrole nitrogens is 1. The molecule has 0 fully saturated rings. The molecule has 1 heterocycles. The van der Waals surface area contributed by atoms with Gasteiger partial charge in [0.15, 0.2) is 0 Å². The molecule has 0 amide bonds. The van der Waals surface area contributed by atoms with Crippen LogP contribution in [0.2, 0.25) is 0 Å². The molecule has 0 aliphatic rings. The average molecular weight is 347 g/mol. The van der Waals surface area contributed by atoms with Crippen molar-refractivity contribution in [3.05, 3.63) is 71.9 Å². The summed E-state index contributed by atoms with van der Waals surface area (Å²) in [7, 11) is 0. The molecule has 3 N–H and O–H groups in total. The minimum atomic E-state index is -0.00144. The molecule has 0 radical (unpaired) electrons. The Labute approximate surface area is 157 Å². The highest BCUT2D eigenvalue weighted by Gasteiger charge is 2.17. The number of fused-ring (bicyclic) bond motifs is 1. The molecular formula is C24H30N2. The number of aryl methyl sites for hydroxylation is 1. The third-order valence-electron chi connectivity index (χ3n) is 4.86. The maximum atomic E-state index is 6.03. The van der Waals surface area contributed by atoms with E-state index in [4.69, 9.17) is 5.73 Å². The van der Waals surface area contributed by atoms with Crippen molar-refractivity contribution >= 4 is 10.9 Å². The van der Waals surface area contributed by atoms with Gasteiger partial charge < -0.3 is 10.7 Å². The minimum Gasteiger partial charge on any atom is -0.358 e. The van der Waals surface area contributed by atoms with Crippen LogP contribution >= 0.6 is 0 Å². The molecule has 3 rings (SSSR count). The van der Waals surface area contributed by atoms with E-state index in [1.807, 2.05) is 0 Å². The fraction of sp³-hybridized carbons (Fsp3) is 0.333. The van der Waals surface area contributed by atoms with Crippen molar-refractivity contribution in [2.45, 2.75) is 46.6 Å². The number of benzene rings is 2. The molecular weight excluding hydrogens is 316 g/mol. The van der Waals surface area contributed by atoms with Gasteiger partial charge in [0.25, 0.3) is 0 Å². The molecule has 0 aliphatic heterocycles. The van der Waals surface area contributed by atoms with Gasteiger partial charge in [0, 0.05) is 22.6 Å². The lowest BCUT2D eigenvalue weighted by Crippen LogP contribution is -2.19. The molecule has 2 aromatic carbocycles. The van der Waals surface area contributed by atoms with E-state index >= 15 is 0 Å². The second-order valence-electron chi connectivity index (χ2n) is 8.53. The largest absolute Gasteiger partial charge is 0.358 e. The van der Waals surface area contributed by atoms with Crippen LogP contribution in [0.15, 0.2) is 55.1 Å². The molecule has 0 saturated carbocycles. The predicted molar refractivity (Wildman–Crippen MR) is 114 cm³/mol. The molecule has 1 aromatic heterocycles. The third kappa shape index (κ3) is 4.08. The van der Waals surface area contributed by atoms with Gasteiger partial charge in [-0.25, -0.2) is 0 Å². The molecule has 2 nitrogen and oxygen atoms in total. The second kappa shape index (κ2) is 7.13. The Morgan fingerprint density at radius 1 is 1.12 bits per heavy atom. The Kier molecular flexibility index (Phi) is 5.06. The molecule has 1 unspecified atom stereocenters. The van der Waals surface area contributed by atoms with Crippen molar-refractivity contribution in [1.29, 1.82) is 0 Å². The minimum absolute atomic E-state index is 0.00144. The highest BCUT2D eigenvalue weighted by atomic mass is 14.7. The Bertz CT molecular complexity index is 925. The van der Waals surface area contributed by atoms with E-state index in [1.165, 1.54) is 38.9 Å². The second-order valence-corrected chi connectivity index (χ2v) is 8.53. The normalized spacial score (nSPS) is 13.1. The van der Waals surface area contributed by atoms with Crippen molar-refractivity contribution in [1.82, 2.24) is 4.98 Å². The van der Waals surface area contributed by atoms with Crippen molar-refractivity contribution in [3.8, 4) is 11.1 Å². The summed E-state index contributed by atoms with van der Waals surface area (Å²) in [5.74, 6) is 0. The van der Waals surface area contributed by atoms with E-state index in [-0.39, 0.29) is 11.5 Å². The number of hydrogen-bond acceptors (Lipinski definition) is 1. The number of aromatic nitrogens is 1. The first kappa shape index (κ1) is 18.5. The number of nitrogens with two attached hydrogens (primary N) is 1. The zero-order chi connectivity index (χ0) is 18.9. The quantitative estimate of drug-likeness (QED) is 0.564. The van der Waals surface area contributed by atoms with Gasteiger partial charge in [0.05, 0.1) is 0 Å². The summed E-state index contributed by atoms with van der Waals surface area (Å²) in [6.45, 7) is 12.8. The van der Waals surface area contributed by atoms with Crippen LogP contribution in [0, 0.1) is 12.3 Å². The summed E-state index contributed by atoms with van der Waals surface area (Å²) < 4.78 is 0. The Morgan fingerprint density at radius 2 is 1.85 bits per heavy atom. The molecule has 26 heavy (non-hydrogen) atoms. The van der Waals surface area contributed by atoms with Gasteiger partial charge in [0.2, 0.25) is 0 Å². The molecule has 1 atom stereocenters. The molecule has 2 heteroatoms. The van der Waals surface area contributed by atoms with Crippen LogP contribution in [-0.4, -0.2) is 11.0 Å². The number of hydrogen-bond donors (Lipinski definition) is 2. The highest BCUT2D eigenvalue weighted by Crippen LogP contribution is 2.32. The van der Waals surface area contributed by atoms with E-state index in [9.17, 15) is 0 Å². The third-order valence-corrected chi connectivity index (χ3v) is 4.86. The predicted octanol–water partition coefficient (Wildman–Crippen LogP) is 5.79. The number of rotatable bonds is 5. The first-order valence-electron chi connectivity index (χ1n) is 9.35. The van der Waals surface area contributed by atoms with Crippen LogP contribution in [0.3, 0.4) is 0 Å². The molecule has 136 valence electrons. The smallest absolute Gasteiger partial charge is 0.0459 e. The lowest BCUT2D eigenvalue weighted by atomic mass is 9.86. The van der Waals surface area contributed by atoms with Crippen LogP contribution in [0.4, 0.5) is 0 Å². The first-order valence-corrected chi connectivity index (χ1v) is 9.35. The summed E-state index contributed by atoms with van der Waals surface area (Å²) in [6.07, 6.45) is 3.69. The maximum Gasteiger partial charge on any atom is 0.0459 e. The topological polar surface area (TPSA) is 41.8 Å². The van der Waals surface area contributed by atoms with E-state index in [0.29, 0.717) is 0 Å². The van der Waals surface area contributed by atoms with Gasteiger partial charge in [-0.1, -0.05) is 57.2 Å². The number of aromatic amines is 1. The van der Waals surface area contributed by atoms with E-state index in [2.05, 4.69) is 81.7 Å². The highest BCUT2D eigenvalue weighted by molar-refractivity contribution is 5.89. The lowest BCUT2D eigenvalue weighted by molar-refractivity contribution is 0.411. The maximum absolute atomic E-state index is 6.03. The van der Waals surface area contributed by atoms with Crippen LogP contribution < -0.4 is 5.73 Å². The summed E-state index contributed by atoms with van der Waals surface area (Å²) in [6, 6.07) is 15.4. The zero-order valence-corrected chi connectivity index (χ0v) is 16.4. The molecule has 0 bridgehead atoms. The van der Waals surface area contributed by atoms with Crippen LogP contribution in [-0.2, 0) is 12.8 Å². The van der Waals surface area contributed by atoms with E-state index in [0.717, 1.165) is 12.8 Å². The van der Waals surface area contributed by atoms with Crippen molar-refractivity contribution in [3.63, 3.8) is 0 Å². The van der Waals surface area contributed by atoms with Crippen molar-refractivity contribution < 1.29 is 0 Å². The van der Waals surface area contributed by atoms with Gasteiger partial charge in [-0.3, -0.25) is 0 Å². The van der Waals surface area contributed by atoms with Crippen molar-refractivity contribution in [2.75, 3.05) is 0 Å². The van der Waals surface area contributed by atoms with Crippen molar-refractivity contribution in [2.24, 2.45) is 11.1 Å². The molecule has 3 aromatic rings. The SMILES string of the molecule is C=CC(N)Cc1cccc(-c2ccc3[nH]c(C)c(CC(C)(C)C)c3c2)c1. The lowest BCUT2D eigenvalue weighted by Gasteiger charge is -2.18.